The zero-order valence-corrected chi connectivity index (χ0v) is 20.3. The normalized spacial score (nSPS) is 14.9. The summed E-state index contributed by atoms with van der Waals surface area (Å²) >= 11 is 0. The number of carbonyl (C=O) groups excluding carboxylic acids is 2. The van der Waals surface area contributed by atoms with Gasteiger partial charge in [0.05, 0.1) is 12.5 Å². The Kier molecular flexibility index (Phi) is 8.34. The van der Waals surface area contributed by atoms with Crippen LogP contribution in [0.1, 0.15) is 42.0 Å². The Morgan fingerprint density at radius 3 is 2.36 bits per heavy atom. The maximum atomic E-state index is 13.2. The lowest BCUT2D eigenvalue weighted by Gasteiger charge is -2.22. The van der Waals surface area contributed by atoms with Crippen molar-refractivity contribution in [3.05, 3.63) is 95.6 Å². The van der Waals surface area contributed by atoms with Crippen molar-refractivity contribution in [3.8, 4) is 11.1 Å². The van der Waals surface area contributed by atoms with Crippen LogP contribution in [0.2, 0.25) is 0 Å². The van der Waals surface area contributed by atoms with Crippen LogP contribution >= 0.6 is 0 Å². The molecular weight excluding hydrogens is 450 g/mol. The largest absolute Gasteiger partial charge is 0.370 e. The molecule has 0 unspecified atom stereocenters. The fourth-order valence-corrected chi connectivity index (χ4v) is 4.63. The highest BCUT2D eigenvalue weighted by Gasteiger charge is 2.27. The van der Waals surface area contributed by atoms with Gasteiger partial charge in [0.2, 0.25) is 11.8 Å². The Morgan fingerprint density at radius 2 is 1.61 bits per heavy atom. The van der Waals surface area contributed by atoms with Gasteiger partial charge in [-0.25, -0.2) is 0 Å². The van der Waals surface area contributed by atoms with Crippen LogP contribution in [0, 0.1) is 0 Å². The molecule has 1 aliphatic carbocycles. The average Bonchev–Trinajstić information content (AvgIpc) is 3.29. The molecule has 0 aromatic heterocycles. The second kappa shape index (κ2) is 12.0. The van der Waals surface area contributed by atoms with Crippen LogP contribution in [-0.2, 0) is 22.4 Å². The summed E-state index contributed by atoms with van der Waals surface area (Å²) in [6.45, 7) is 0.398. The quantitative estimate of drug-likeness (QED) is 0.201. The van der Waals surface area contributed by atoms with Crippen LogP contribution in [0.5, 0.6) is 0 Å². The van der Waals surface area contributed by atoms with Crippen molar-refractivity contribution in [2.45, 2.75) is 44.2 Å². The summed E-state index contributed by atoms with van der Waals surface area (Å²) in [5.74, 6) is -0.369. The Balaban J connectivity index is 1.38. The predicted octanol–water partition coefficient (Wildman–Crippen LogP) is 3.24. The van der Waals surface area contributed by atoms with Gasteiger partial charge in [0.25, 0.3) is 0 Å². The van der Waals surface area contributed by atoms with Crippen molar-refractivity contribution in [2.75, 3.05) is 6.54 Å². The van der Waals surface area contributed by atoms with Crippen LogP contribution < -0.4 is 22.1 Å². The summed E-state index contributed by atoms with van der Waals surface area (Å²) < 4.78 is 0. The van der Waals surface area contributed by atoms with Crippen molar-refractivity contribution in [2.24, 2.45) is 16.5 Å². The van der Waals surface area contributed by atoms with E-state index in [4.69, 9.17) is 11.5 Å². The van der Waals surface area contributed by atoms with E-state index in [1.807, 2.05) is 54.6 Å². The fraction of sp³-hybridized carbons (Fsp3) is 0.276. The third kappa shape index (κ3) is 6.72. The number of nitrogens with one attached hydrogen (secondary N) is 2. The van der Waals surface area contributed by atoms with Crippen molar-refractivity contribution < 1.29 is 9.59 Å². The van der Waals surface area contributed by atoms with Crippen LogP contribution in [0.25, 0.3) is 11.1 Å². The second-order valence-electron chi connectivity index (χ2n) is 9.11. The third-order valence-electron chi connectivity index (χ3n) is 6.47. The lowest BCUT2D eigenvalue weighted by atomic mass is 10.0. The van der Waals surface area contributed by atoms with Crippen LogP contribution in [0.4, 0.5) is 0 Å². The lowest BCUT2D eigenvalue weighted by molar-refractivity contribution is -0.129. The number of hydrogen-bond donors (Lipinski definition) is 4. The molecule has 0 bridgehead atoms. The lowest BCUT2D eigenvalue weighted by Crippen LogP contribution is -2.48. The number of nitrogens with zero attached hydrogens (tertiary/aromatic N) is 1. The number of rotatable bonds is 10. The molecule has 7 nitrogen and oxygen atoms in total. The molecule has 2 amide bonds. The first-order chi connectivity index (χ1) is 17.5. The molecule has 3 aromatic carbocycles. The van der Waals surface area contributed by atoms with E-state index < -0.39 is 6.04 Å². The molecule has 0 spiro atoms. The Labute approximate surface area is 212 Å². The van der Waals surface area contributed by atoms with E-state index >= 15 is 0 Å². The number of aliphatic imine (C=N–C) groups is 1. The standard InChI is InChI=1S/C29H33N5O2/c30-29(31)32-18-6-11-26(28(36)34-25-17-16-23-9-4-5-10-24(23)25)33-27(35)19-20-12-14-22(15-13-20)21-7-2-1-3-8-21/h1-5,7-10,12-15,25-26H,6,11,16-19H2,(H,33,35)(H,34,36)(H4,30,31,32)/t25-,26+/m0/s1. The molecule has 0 heterocycles. The van der Waals surface area contributed by atoms with Crippen molar-refractivity contribution in [1.29, 1.82) is 0 Å². The Hall–Kier alpha value is -4.13. The molecular formula is C29H33N5O2. The van der Waals surface area contributed by atoms with Gasteiger partial charge in [-0.05, 0) is 53.5 Å². The van der Waals surface area contributed by atoms with E-state index in [2.05, 4.69) is 39.9 Å². The van der Waals surface area contributed by atoms with Crippen LogP contribution in [0.15, 0.2) is 83.9 Å². The van der Waals surface area contributed by atoms with E-state index in [9.17, 15) is 9.59 Å². The smallest absolute Gasteiger partial charge is 0.243 e. The number of aryl methyl sites for hydroxylation is 1. The molecule has 36 heavy (non-hydrogen) atoms. The average molecular weight is 484 g/mol. The number of nitrogens with two attached hydrogens (primary N) is 2. The number of amides is 2. The van der Waals surface area contributed by atoms with Gasteiger partial charge >= 0.3 is 0 Å². The molecule has 3 aromatic rings. The molecule has 4 rings (SSSR count). The highest BCUT2D eigenvalue weighted by Crippen LogP contribution is 2.30. The van der Waals surface area contributed by atoms with E-state index in [0.29, 0.717) is 19.4 Å². The molecule has 0 aliphatic heterocycles. The molecule has 7 heteroatoms. The fourth-order valence-electron chi connectivity index (χ4n) is 4.63. The zero-order chi connectivity index (χ0) is 25.3. The summed E-state index contributed by atoms with van der Waals surface area (Å²) in [5, 5.41) is 6.08. The predicted molar refractivity (Wildman–Crippen MR) is 143 cm³/mol. The van der Waals surface area contributed by atoms with Gasteiger partial charge in [0.15, 0.2) is 5.96 Å². The summed E-state index contributed by atoms with van der Waals surface area (Å²) in [6.07, 6.45) is 2.99. The van der Waals surface area contributed by atoms with Gasteiger partial charge in [0.1, 0.15) is 6.04 Å². The summed E-state index contributed by atoms with van der Waals surface area (Å²) in [7, 11) is 0. The van der Waals surface area contributed by atoms with Crippen molar-refractivity contribution in [1.82, 2.24) is 10.6 Å². The topological polar surface area (TPSA) is 123 Å². The van der Waals surface area contributed by atoms with Crippen molar-refractivity contribution >= 4 is 17.8 Å². The summed E-state index contributed by atoms with van der Waals surface area (Å²) in [4.78, 5) is 30.1. The first-order valence-electron chi connectivity index (χ1n) is 12.4. The van der Waals surface area contributed by atoms with Gasteiger partial charge < -0.3 is 22.1 Å². The van der Waals surface area contributed by atoms with Gasteiger partial charge in [-0.3, -0.25) is 14.6 Å². The number of hydrogen-bond acceptors (Lipinski definition) is 3. The summed E-state index contributed by atoms with van der Waals surface area (Å²) in [6, 6.07) is 25.4. The molecule has 2 atom stereocenters. The number of benzene rings is 3. The van der Waals surface area contributed by atoms with Crippen molar-refractivity contribution in [3.63, 3.8) is 0 Å². The van der Waals surface area contributed by atoms with E-state index in [0.717, 1.165) is 35.1 Å². The van der Waals surface area contributed by atoms with E-state index in [1.54, 1.807) is 0 Å². The van der Waals surface area contributed by atoms with Gasteiger partial charge in [-0.1, -0.05) is 78.9 Å². The van der Waals surface area contributed by atoms with Gasteiger partial charge in [0, 0.05) is 6.54 Å². The van der Waals surface area contributed by atoms with E-state index in [-0.39, 0.29) is 30.2 Å². The second-order valence-corrected chi connectivity index (χ2v) is 9.11. The monoisotopic (exact) mass is 483 g/mol. The van der Waals surface area contributed by atoms with Gasteiger partial charge in [-0.2, -0.15) is 0 Å². The Bertz CT molecular complexity index is 1200. The molecule has 0 saturated heterocycles. The molecule has 0 fully saturated rings. The summed E-state index contributed by atoms with van der Waals surface area (Å²) in [5.41, 5.74) is 16.3. The third-order valence-corrected chi connectivity index (χ3v) is 6.47. The van der Waals surface area contributed by atoms with Crippen LogP contribution in [-0.4, -0.2) is 30.4 Å². The maximum absolute atomic E-state index is 13.2. The zero-order valence-electron chi connectivity index (χ0n) is 20.3. The molecule has 0 radical (unpaired) electrons. The highest BCUT2D eigenvalue weighted by atomic mass is 16.2. The SMILES string of the molecule is NC(N)=NCCC[C@@H](NC(=O)Cc1ccc(-c2ccccc2)cc1)C(=O)N[C@H]1CCc2ccccc21. The number of fused-ring (bicyclic) bond motifs is 1. The van der Waals surface area contributed by atoms with Gasteiger partial charge in [-0.15, -0.1) is 0 Å². The van der Waals surface area contributed by atoms with Crippen LogP contribution in [0.3, 0.4) is 0 Å². The molecule has 6 N–H and O–H groups in total. The number of carbonyl (C=O) groups is 2. The first kappa shape index (κ1) is 25.0. The molecule has 0 saturated carbocycles. The van der Waals surface area contributed by atoms with E-state index in [1.165, 1.54) is 5.56 Å². The highest BCUT2D eigenvalue weighted by molar-refractivity contribution is 5.88. The molecule has 1 aliphatic rings. The molecule has 186 valence electrons. The Morgan fingerprint density at radius 1 is 0.917 bits per heavy atom. The minimum Gasteiger partial charge on any atom is -0.370 e. The minimum absolute atomic E-state index is 0.0153. The number of guanidine groups is 1. The first-order valence-corrected chi connectivity index (χ1v) is 12.4. The minimum atomic E-state index is -0.664. The maximum Gasteiger partial charge on any atom is 0.243 e.